The second-order valence-electron chi connectivity index (χ2n) is 17.2. The SMILES string of the molecule is Cc1cccc(C)c1-c1nc2nc(c1C)OC[C@@H](CC(C)(C)C)N(C1CC3(CCN(C(=O)OC(C)(C)C)CC3)C1)C(=O)c1cccc(c1)S(=O)(=O)N2. The van der Waals surface area contributed by atoms with Gasteiger partial charge >= 0.3 is 6.09 Å². The van der Waals surface area contributed by atoms with Crippen LogP contribution in [0, 0.1) is 31.6 Å². The van der Waals surface area contributed by atoms with Crippen LogP contribution in [0.4, 0.5) is 10.7 Å². The van der Waals surface area contributed by atoms with Crippen LogP contribution in [-0.2, 0) is 14.8 Å². The molecular weight excluding hydrogens is 679 g/mol. The lowest BCUT2D eigenvalue weighted by Gasteiger charge is -2.56. The number of sulfonamides is 1. The molecule has 1 aliphatic carbocycles. The number of fused-ring (bicyclic) bond motifs is 4. The standard InChI is InChI=1S/C40H53N5O6S/c1-25-12-10-13-26(2)32(25)33-27(3)34-42-36(41-33)43-52(48,49)31-15-11-14-28(20-31)35(46)45(30(24-50-34)21-38(4,5)6)29-22-40(23-29)16-18-44(19-17-40)37(47)51-39(7,8)9/h10-15,20,29-30H,16-19,21-24H2,1-9H3,(H,41,42,43)/t30-/m1/s1. The van der Waals surface area contributed by atoms with Crippen LogP contribution in [0.15, 0.2) is 47.4 Å². The predicted octanol–water partition coefficient (Wildman–Crippen LogP) is 7.69. The molecule has 52 heavy (non-hydrogen) atoms. The van der Waals surface area contributed by atoms with Gasteiger partial charge in [-0.1, -0.05) is 45.0 Å². The molecule has 1 atom stereocenters. The predicted molar refractivity (Wildman–Crippen MR) is 201 cm³/mol. The zero-order chi connectivity index (χ0) is 37.8. The minimum absolute atomic E-state index is 0.00528. The first kappa shape index (κ1) is 37.6. The Morgan fingerprint density at radius 2 is 1.62 bits per heavy atom. The molecule has 3 heterocycles. The topological polar surface area (TPSA) is 131 Å². The number of amides is 2. The van der Waals surface area contributed by atoms with E-state index in [1.807, 2.05) is 64.6 Å². The summed E-state index contributed by atoms with van der Waals surface area (Å²) >= 11 is 0. The van der Waals surface area contributed by atoms with Gasteiger partial charge in [0.15, 0.2) is 0 Å². The van der Waals surface area contributed by atoms with Gasteiger partial charge in [0.25, 0.3) is 15.9 Å². The van der Waals surface area contributed by atoms with E-state index in [-0.39, 0.29) is 58.2 Å². The van der Waals surface area contributed by atoms with Crippen LogP contribution in [-0.4, -0.2) is 77.6 Å². The normalized spacial score (nSPS) is 20.5. The molecule has 6 rings (SSSR count). The van der Waals surface area contributed by atoms with Crippen molar-refractivity contribution in [2.75, 3.05) is 24.4 Å². The number of anilines is 1. The fourth-order valence-corrected chi connectivity index (χ4v) is 9.01. The van der Waals surface area contributed by atoms with E-state index in [2.05, 4.69) is 30.5 Å². The fourth-order valence-electron chi connectivity index (χ4n) is 8.02. The number of benzene rings is 2. The lowest BCUT2D eigenvalue weighted by atomic mass is 9.59. The third-order valence-corrected chi connectivity index (χ3v) is 11.9. The molecule has 1 spiro atoms. The average molecular weight is 732 g/mol. The second-order valence-corrected chi connectivity index (χ2v) is 18.9. The van der Waals surface area contributed by atoms with Crippen LogP contribution in [0.3, 0.4) is 0 Å². The Kier molecular flexibility index (Phi) is 9.87. The minimum Gasteiger partial charge on any atom is -0.475 e. The monoisotopic (exact) mass is 731 g/mol. The number of ether oxygens (including phenoxy) is 2. The van der Waals surface area contributed by atoms with Gasteiger partial charge in [0.2, 0.25) is 11.8 Å². The summed E-state index contributed by atoms with van der Waals surface area (Å²) in [4.78, 5) is 40.6. The molecule has 2 aliphatic heterocycles. The molecule has 11 nitrogen and oxygen atoms in total. The average Bonchev–Trinajstić information content (AvgIpc) is 3.03. The lowest BCUT2D eigenvalue weighted by Crippen LogP contribution is -2.60. The molecule has 0 unspecified atom stereocenters. The Morgan fingerprint density at radius 1 is 0.981 bits per heavy atom. The summed E-state index contributed by atoms with van der Waals surface area (Å²) in [5.41, 5.74) is 3.71. The smallest absolute Gasteiger partial charge is 0.410 e. The summed E-state index contributed by atoms with van der Waals surface area (Å²) in [7, 11) is -4.18. The van der Waals surface area contributed by atoms with E-state index in [9.17, 15) is 18.0 Å². The van der Waals surface area contributed by atoms with E-state index in [0.29, 0.717) is 36.3 Å². The molecule has 2 aromatic carbocycles. The van der Waals surface area contributed by atoms with Crippen molar-refractivity contribution in [3.8, 4) is 17.1 Å². The summed E-state index contributed by atoms with van der Waals surface area (Å²) in [6.07, 6.45) is 3.58. The number of rotatable bonds is 3. The van der Waals surface area contributed by atoms with E-state index in [1.54, 1.807) is 17.0 Å². The molecule has 1 N–H and O–H groups in total. The van der Waals surface area contributed by atoms with Crippen LogP contribution >= 0.6 is 0 Å². The van der Waals surface area contributed by atoms with Crippen LogP contribution in [0.25, 0.3) is 11.3 Å². The Labute approximate surface area is 308 Å². The van der Waals surface area contributed by atoms with Crippen LogP contribution < -0.4 is 9.46 Å². The van der Waals surface area contributed by atoms with Crippen molar-refractivity contribution in [2.45, 2.75) is 117 Å². The third kappa shape index (κ3) is 7.91. The van der Waals surface area contributed by atoms with Crippen molar-refractivity contribution in [1.29, 1.82) is 0 Å². The second kappa shape index (κ2) is 13.7. The summed E-state index contributed by atoms with van der Waals surface area (Å²) in [5.74, 6) is -0.0646. The van der Waals surface area contributed by atoms with E-state index in [1.165, 1.54) is 12.1 Å². The molecule has 3 aliphatic rings. The first-order valence-electron chi connectivity index (χ1n) is 18.3. The van der Waals surface area contributed by atoms with Crippen LogP contribution in [0.1, 0.15) is 101 Å². The maximum Gasteiger partial charge on any atom is 0.410 e. The molecule has 4 bridgehead atoms. The molecule has 2 amide bonds. The van der Waals surface area contributed by atoms with E-state index < -0.39 is 15.6 Å². The maximum atomic E-state index is 14.7. The highest BCUT2D eigenvalue weighted by atomic mass is 32.2. The Balaban J connectivity index is 1.38. The number of carbonyl (C=O) groups is 2. The van der Waals surface area contributed by atoms with Crippen molar-refractivity contribution in [1.82, 2.24) is 19.8 Å². The number of piperidine rings is 1. The van der Waals surface area contributed by atoms with Gasteiger partial charge in [-0.25, -0.2) is 22.9 Å². The number of hydrogen-bond donors (Lipinski definition) is 1. The highest BCUT2D eigenvalue weighted by molar-refractivity contribution is 7.92. The van der Waals surface area contributed by atoms with E-state index in [4.69, 9.17) is 14.5 Å². The number of carbonyl (C=O) groups excluding carboxylic acids is 2. The van der Waals surface area contributed by atoms with Gasteiger partial charge < -0.3 is 19.3 Å². The zero-order valence-corrected chi connectivity index (χ0v) is 32.8. The van der Waals surface area contributed by atoms with Gasteiger partial charge in [-0.2, -0.15) is 4.98 Å². The van der Waals surface area contributed by atoms with Crippen molar-refractivity contribution >= 4 is 28.0 Å². The quantitative estimate of drug-likeness (QED) is 0.290. The molecule has 12 heteroatoms. The van der Waals surface area contributed by atoms with Gasteiger partial charge in [-0.05, 0) is 114 Å². The molecule has 0 radical (unpaired) electrons. The molecule has 2 fully saturated rings. The van der Waals surface area contributed by atoms with Crippen LogP contribution in [0.2, 0.25) is 0 Å². The highest BCUT2D eigenvalue weighted by Gasteiger charge is 2.51. The number of aryl methyl sites for hydroxylation is 2. The molecule has 280 valence electrons. The fraction of sp³-hybridized carbons (Fsp3) is 0.550. The van der Waals surface area contributed by atoms with Gasteiger partial charge in [-0.15, -0.1) is 0 Å². The molecular formula is C40H53N5O6S. The molecule has 1 aromatic heterocycles. The Morgan fingerprint density at radius 3 is 2.23 bits per heavy atom. The van der Waals surface area contributed by atoms with Crippen molar-refractivity contribution < 1.29 is 27.5 Å². The Bertz CT molecular complexity index is 1950. The number of likely N-dealkylation sites (tertiary alicyclic amines) is 1. The summed E-state index contributed by atoms with van der Waals surface area (Å²) in [6.45, 7) is 19.3. The van der Waals surface area contributed by atoms with E-state index in [0.717, 1.165) is 42.4 Å². The summed E-state index contributed by atoms with van der Waals surface area (Å²) in [5, 5.41) is 0. The van der Waals surface area contributed by atoms with Crippen molar-refractivity contribution in [3.05, 3.63) is 64.7 Å². The number of aromatic nitrogens is 2. The minimum atomic E-state index is -4.18. The third-order valence-electron chi connectivity index (χ3n) is 10.5. The number of hydrogen-bond acceptors (Lipinski definition) is 8. The highest BCUT2D eigenvalue weighted by Crippen LogP contribution is 2.52. The zero-order valence-electron chi connectivity index (χ0n) is 32.0. The maximum absolute atomic E-state index is 14.7. The van der Waals surface area contributed by atoms with Crippen molar-refractivity contribution in [3.63, 3.8) is 0 Å². The van der Waals surface area contributed by atoms with Gasteiger partial charge in [0.1, 0.15) is 12.2 Å². The summed E-state index contributed by atoms with van der Waals surface area (Å²) in [6, 6.07) is 11.7. The first-order valence-corrected chi connectivity index (χ1v) is 19.7. The van der Waals surface area contributed by atoms with E-state index >= 15 is 0 Å². The van der Waals surface area contributed by atoms with Gasteiger partial charge in [0, 0.05) is 35.8 Å². The molecule has 1 saturated heterocycles. The van der Waals surface area contributed by atoms with Gasteiger partial charge in [0.05, 0.1) is 16.6 Å². The number of nitrogens with zero attached hydrogens (tertiary/aromatic N) is 4. The molecule has 3 aromatic rings. The molecule has 1 saturated carbocycles. The van der Waals surface area contributed by atoms with Crippen LogP contribution in [0.5, 0.6) is 5.88 Å². The number of nitrogens with one attached hydrogen (secondary N) is 1. The lowest BCUT2D eigenvalue weighted by molar-refractivity contribution is -0.0573. The van der Waals surface area contributed by atoms with Gasteiger partial charge in [-0.3, -0.25) is 4.79 Å². The first-order chi connectivity index (χ1) is 24.2. The Hall–Kier alpha value is -4.19. The van der Waals surface area contributed by atoms with Crippen molar-refractivity contribution in [2.24, 2.45) is 10.8 Å². The summed E-state index contributed by atoms with van der Waals surface area (Å²) < 4.78 is 42.5. The largest absolute Gasteiger partial charge is 0.475 e.